The first-order valence-corrected chi connectivity index (χ1v) is 14.1. The second kappa shape index (κ2) is 10.4. The van der Waals surface area contributed by atoms with Crippen molar-refractivity contribution in [1.82, 2.24) is 4.98 Å². The summed E-state index contributed by atoms with van der Waals surface area (Å²) < 4.78 is 0. The monoisotopic (exact) mass is 526 g/mol. The van der Waals surface area contributed by atoms with Gasteiger partial charge in [0.25, 0.3) is 0 Å². The first-order valence-electron chi connectivity index (χ1n) is 14.1. The van der Waals surface area contributed by atoms with Gasteiger partial charge in [-0.2, -0.15) is 0 Å². The number of hydrogen-bond donors (Lipinski definition) is 1. The smallest absolute Gasteiger partial charge is 0.0815 e. The standard InChI is InChI=1S/C39H30N2/c1-26-17-21-30(22-18-26)36(38-33-16-10-9-15-32(33)37(41-38)31-23-19-27(2)20-24-31)39-34(28-11-5-3-6-12-28)25-35(40-39)29-13-7-4-8-14-29/h3-25,41H,1-2H3/b39-36-. The molecule has 0 saturated carbocycles. The Kier molecular flexibility index (Phi) is 6.29. The van der Waals surface area contributed by atoms with E-state index in [4.69, 9.17) is 4.99 Å². The lowest BCUT2D eigenvalue weighted by molar-refractivity contribution is 1.32. The molecule has 0 spiro atoms. The third-order valence-electron chi connectivity index (χ3n) is 7.81. The van der Waals surface area contributed by atoms with Crippen LogP contribution >= 0.6 is 0 Å². The zero-order chi connectivity index (χ0) is 27.8. The Morgan fingerprint density at radius 1 is 0.537 bits per heavy atom. The third-order valence-corrected chi connectivity index (χ3v) is 7.81. The highest BCUT2D eigenvalue weighted by Gasteiger charge is 2.26. The Labute approximate surface area is 241 Å². The van der Waals surface area contributed by atoms with E-state index in [2.05, 4.69) is 152 Å². The highest BCUT2D eigenvalue weighted by atomic mass is 14.8. The van der Waals surface area contributed by atoms with Gasteiger partial charge < -0.3 is 4.98 Å². The normalized spacial score (nSPS) is 14.2. The SMILES string of the molecule is Cc1ccc(/C(=C2/N=C(c3ccccc3)C=C2c2ccccc2)c2[nH]c(-c3ccc(C)cc3)c3ccccc23)cc1. The molecule has 0 aliphatic carbocycles. The van der Waals surface area contributed by atoms with E-state index in [1.165, 1.54) is 27.5 Å². The number of aryl methyl sites for hydroxylation is 2. The zero-order valence-corrected chi connectivity index (χ0v) is 23.2. The Hall–Kier alpha value is -5.21. The second-order valence-electron chi connectivity index (χ2n) is 10.7. The fraction of sp³-hybridized carbons (Fsp3) is 0.0513. The highest BCUT2D eigenvalue weighted by Crippen LogP contribution is 2.43. The van der Waals surface area contributed by atoms with Crippen LogP contribution < -0.4 is 0 Å². The van der Waals surface area contributed by atoms with Crippen LogP contribution in [0.5, 0.6) is 0 Å². The van der Waals surface area contributed by atoms with Crippen LogP contribution in [0.25, 0.3) is 33.2 Å². The summed E-state index contributed by atoms with van der Waals surface area (Å²) in [5.41, 5.74) is 13.4. The first kappa shape index (κ1) is 24.8. The lowest BCUT2D eigenvalue weighted by Crippen LogP contribution is -1.97. The van der Waals surface area contributed by atoms with Gasteiger partial charge in [-0.15, -0.1) is 0 Å². The molecule has 0 saturated heterocycles. The van der Waals surface area contributed by atoms with Crippen LogP contribution in [0.15, 0.2) is 150 Å². The van der Waals surface area contributed by atoms with Crippen molar-refractivity contribution in [1.29, 1.82) is 0 Å². The fourth-order valence-electron chi connectivity index (χ4n) is 5.65. The molecule has 0 amide bonds. The molecule has 1 N–H and O–H groups in total. The zero-order valence-electron chi connectivity index (χ0n) is 23.2. The molecule has 2 nitrogen and oxygen atoms in total. The lowest BCUT2D eigenvalue weighted by atomic mass is 9.92. The van der Waals surface area contributed by atoms with Gasteiger partial charge in [-0.05, 0) is 36.6 Å². The number of fused-ring (bicyclic) bond motifs is 1. The maximum absolute atomic E-state index is 5.38. The maximum Gasteiger partial charge on any atom is 0.0815 e. The van der Waals surface area contributed by atoms with Gasteiger partial charge in [0.15, 0.2) is 0 Å². The summed E-state index contributed by atoms with van der Waals surface area (Å²) in [7, 11) is 0. The molecule has 1 aliphatic heterocycles. The molecule has 0 unspecified atom stereocenters. The van der Waals surface area contributed by atoms with Gasteiger partial charge in [0, 0.05) is 27.5 Å². The van der Waals surface area contributed by atoms with Crippen molar-refractivity contribution in [3.05, 3.63) is 179 Å². The Bertz CT molecular complexity index is 1950. The molecule has 41 heavy (non-hydrogen) atoms. The van der Waals surface area contributed by atoms with E-state index >= 15 is 0 Å². The number of nitrogens with one attached hydrogen (secondary N) is 1. The fourth-order valence-corrected chi connectivity index (χ4v) is 5.65. The number of aromatic amines is 1. The van der Waals surface area contributed by atoms with E-state index in [1.807, 2.05) is 6.07 Å². The Balaban J connectivity index is 1.56. The number of allylic oxidation sites excluding steroid dienone is 2. The van der Waals surface area contributed by atoms with Crippen LogP contribution in [-0.4, -0.2) is 10.7 Å². The predicted molar refractivity (Wildman–Crippen MR) is 173 cm³/mol. The van der Waals surface area contributed by atoms with E-state index in [-0.39, 0.29) is 0 Å². The Morgan fingerprint density at radius 3 is 1.76 bits per heavy atom. The van der Waals surface area contributed by atoms with Crippen molar-refractivity contribution in [2.24, 2.45) is 4.99 Å². The van der Waals surface area contributed by atoms with Crippen molar-refractivity contribution in [2.75, 3.05) is 0 Å². The van der Waals surface area contributed by atoms with E-state index in [1.54, 1.807) is 0 Å². The largest absolute Gasteiger partial charge is 0.353 e. The summed E-state index contributed by atoms with van der Waals surface area (Å²) in [5.74, 6) is 0. The molecule has 0 radical (unpaired) electrons. The minimum atomic E-state index is 0.971. The van der Waals surface area contributed by atoms with Gasteiger partial charge in [-0.3, -0.25) is 0 Å². The molecular formula is C39H30N2. The van der Waals surface area contributed by atoms with E-state index in [9.17, 15) is 0 Å². The van der Waals surface area contributed by atoms with Gasteiger partial charge in [-0.1, -0.05) is 145 Å². The molecule has 1 aliphatic rings. The number of aromatic nitrogens is 1. The summed E-state index contributed by atoms with van der Waals surface area (Å²) in [5, 5.41) is 2.38. The average Bonchev–Trinajstić information content (AvgIpc) is 3.63. The average molecular weight is 527 g/mol. The van der Waals surface area contributed by atoms with Crippen molar-refractivity contribution >= 4 is 27.6 Å². The van der Waals surface area contributed by atoms with Gasteiger partial charge in [0.05, 0.1) is 22.8 Å². The molecule has 5 aromatic carbocycles. The van der Waals surface area contributed by atoms with Crippen LogP contribution in [-0.2, 0) is 0 Å². The van der Waals surface area contributed by atoms with Gasteiger partial charge in [0.1, 0.15) is 0 Å². The number of benzene rings is 5. The summed E-state index contributed by atoms with van der Waals surface area (Å²) in [6.07, 6.45) is 2.24. The summed E-state index contributed by atoms with van der Waals surface area (Å²) in [4.78, 5) is 9.26. The van der Waals surface area contributed by atoms with Crippen molar-refractivity contribution in [2.45, 2.75) is 13.8 Å². The number of hydrogen-bond acceptors (Lipinski definition) is 1. The van der Waals surface area contributed by atoms with Crippen LogP contribution in [0.2, 0.25) is 0 Å². The minimum Gasteiger partial charge on any atom is -0.353 e. The predicted octanol–water partition coefficient (Wildman–Crippen LogP) is 9.80. The highest BCUT2D eigenvalue weighted by molar-refractivity contribution is 6.20. The molecule has 0 fully saturated rings. The lowest BCUT2D eigenvalue weighted by Gasteiger charge is -2.14. The molecule has 196 valence electrons. The molecular weight excluding hydrogens is 496 g/mol. The van der Waals surface area contributed by atoms with Gasteiger partial charge in [0.2, 0.25) is 0 Å². The first-order chi connectivity index (χ1) is 20.2. The van der Waals surface area contributed by atoms with Gasteiger partial charge in [-0.25, -0.2) is 4.99 Å². The minimum absolute atomic E-state index is 0.971. The van der Waals surface area contributed by atoms with Crippen LogP contribution in [0, 0.1) is 13.8 Å². The van der Waals surface area contributed by atoms with Gasteiger partial charge >= 0.3 is 0 Å². The summed E-state index contributed by atoms with van der Waals surface area (Å²) >= 11 is 0. The molecule has 0 atom stereocenters. The molecule has 7 rings (SSSR count). The Morgan fingerprint density at radius 2 is 1.10 bits per heavy atom. The molecule has 0 bridgehead atoms. The number of nitrogens with zero attached hydrogens (tertiary/aromatic N) is 1. The summed E-state index contributed by atoms with van der Waals surface area (Å²) in [6, 6.07) is 47.3. The van der Waals surface area contributed by atoms with E-state index in [0.717, 1.165) is 50.6 Å². The third kappa shape index (κ3) is 4.64. The molecule has 6 aromatic rings. The maximum atomic E-state index is 5.38. The van der Waals surface area contributed by atoms with E-state index in [0.29, 0.717) is 0 Å². The number of rotatable bonds is 5. The molecule has 2 heteroatoms. The molecule has 1 aromatic heterocycles. The molecule has 2 heterocycles. The van der Waals surface area contributed by atoms with Crippen molar-refractivity contribution < 1.29 is 0 Å². The van der Waals surface area contributed by atoms with E-state index < -0.39 is 0 Å². The summed E-state index contributed by atoms with van der Waals surface area (Å²) in [6.45, 7) is 4.26. The topological polar surface area (TPSA) is 28.1 Å². The quantitative estimate of drug-likeness (QED) is 0.232. The second-order valence-corrected chi connectivity index (χ2v) is 10.7. The van der Waals surface area contributed by atoms with Crippen LogP contribution in [0.1, 0.15) is 33.5 Å². The van der Waals surface area contributed by atoms with Crippen LogP contribution in [0.3, 0.4) is 0 Å². The van der Waals surface area contributed by atoms with Crippen molar-refractivity contribution in [3.8, 4) is 11.3 Å². The van der Waals surface area contributed by atoms with Crippen LogP contribution in [0.4, 0.5) is 0 Å². The number of H-pyrrole nitrogens is 1. The number of aliphatic imine (C=N–C) groups is 1. The van der Waals surface area contributed by atoms with Crippen molar-refractivity contribution in [3.63, 3.8) is 0 Å².